The summed E-state index contributed by atoms with van der Waals surface area (Å²) < 4.78 is 0. The van der Waals surface area contributed by atoms with Crippen LogP contribution in [-0.2, 0) is 35.2 Å². The standard InChI is InChI=1S/C19H29N7O7S/c1-11(27)25-13(3-4-34-2)18(32)22-7-15(28)21-8-16(29)26-14(5-12-6-20-10-24-12)19(33)23-9-17(30)31/h6,10,13-14H,3-5,7-9H2,1-2H3,(H,20,24)(H,21,28)(H,22,32)(H,23,33)(H,25,27)(H,26,29)(H,30,31)/t13-,14-/m0/s1. The molecule has 0 bridgehead atoms. The summed E-state index contributed by atoms with van der Waals surface area (Å²) in [7, 11) is 0. The lowest BCUT2D eigenvalue weighted by molar-refractivity contribution is -0.138. The highest BCUT2D eigenvalue weighted by Crippen LogP contribution is 2.01. The van der Waals surface area contributed by atoms with Gasteiger partial charge in [-0.15, -0.1) is 0 Å². The van der Waals surface area contributed by atoms with Gasteiger partial charge < -0.3 is 36.7 Å². The van der Waals surface area contributed by atoms with Crippen molar-refractivity contribution in [2.45, 2.75) is 31.8 Å². The average Bonchev–Trinajstić information content (AvgIpc) is 3.29. The molecule has 7 N–H and O–H groups in total. The Labute approximate surface area is 199 Å². The molecule has 0 aliphatic rings. The number of nitrogens with zero attached hydrogens (tertiary/aromatic N) is 1. The van der Waals surface area contributed by atoms with Gasteiger partial charge in [-0.3, -0.25) is 28.8 Å². The molecule has 1 aromatic rings. The molecule has 15 heteroatoms. The lowest BCUT2D eigenvalue weighted by Crippen LogP contribution is -2.52. The van der Waals surface area contributed by atoms with Crippen molar-refractivity contribution >= 4 is 47.3 Å². The van der Waals surface area contributed by atoms with Gasteiger partial charge in [-0.05, 0) is 18.4 Å². The van der Waals surface area contributed by atoms with Crippen molar-refractivity contribution in [2.75, 3.05) is 31.6 Å². The SMILES string of the molecule is CSCC[C@H](NC(C)=O)C(=O)NCC(=O)NCC(=O)N[C@@H](Cc1cnc[nH]1)C(=O)NCC(=O)O. The van der Waals surface area contributed by atoms with Gasteiger partial charge in [0.2, 0.25) is 29.5 Å². The van der Waals surface area contributed by atoms with Crippen LogP contribution in [-0.4, -0.2) is 94.3 Å². The highest BCUT2D eigenvalue weighted by molar-refractivity contribution is 7.98. The van der Waals surface area contributed by atoms with Crippen LogP contribution in [0.5, 0.6) is 0 Å². The topological polar surface area (TPSA) is 211 Å². The maximum absolute atomic E-state index is 12.3. The number of hydrogen-bond acceptors (Lipinski definition) is 8. The van der Waals surface area contributed by atoms with Crippen LogP contribution < -0.4 is 26.6 Å². The van der Waals surface area contributed by atoms with E-state index in [9.17, 15) is 28.8 Å². The molecule has 14 nitrogen and oxygen atoms in total. The molecule has 1 heterocycles. The molecule has 0 unspecified atom stereocenters. The number of carboxylic acids is 1. The predicted octanol–water partition coefficient (Wildman–Crippen LogP) is -2.87. The number of carbonyl (C=O) groups excluding carboxylic acids is 5. The average molecular weight is 500 g/mol. The van der Waals surface area contributed by atoms with Crippen LogP contribution in [0.1, 0.15) is 19.0 Å². The van der Waals surface area contributed by atoms with E-state index in [1.807, 2.05) is 6.26 Å². The summed E-state index contributed by atoms with van der Waals surface area (Å²) in [6.45, 7) is -0.243. The molecule has 2 atom stereocenters. The van der Waals surface area contributed by atoms with Crippen molar-refractivity contribution in [3.63, 3.8) is 0 Å². The number of aliphatic carboxylic acids is 1. The first kappa shape index (κ1) is 28.4. The zero-order valence-corrected chi connectivity index (χ0v) is 19.6. The number of imidazole rings is 1. The van der Waals surface area contributed by atoms with Crippen molar-refractivity contribution in [3.05, 3.63) is 18.2 Å². The summed E-state index contributed by atoms with van der Waals surface area (Å²) in [5, 5.41) is 20.5. The van der Waals surface area contributed by atoms with Gasteiger partial charge in [0.1, 0.15) is 18.6 Å². The summed E-state index contributed by atoms with van der Waals surface area (Å²) in [5.74, 6) is -3.61. The molecule has 188 valence electrons. The number of carbonyl (C=O) groups is 6. The zero-order valence-electron chi connectivity index (χ0n) is 18.8. The van der Waals surface area contributed by atoms with Crippen molar-refractivity contribution in [1.29, 1.82) is 0 Å². The number of carboxylic acid groups (broad SMARTS) is 1. The number of hydrogen-bond donors (Lipinski definition) is 7. The molecule has 0 spiro atoms. The second kappa shape index (κ2) is 15.3. The fraction of sp³-hybridized carbons (Fsp3) is 0.526. The van der Waals surface area contributed by atoms with Crippen LogP contribution in [0, 0.1) is 0 Å². The fourth-order valence-corrected chi connectivity index (χ4v) is 3.11. The highest BCUT2D eigenvalue weighted by Gasteiger charge is 2.23. The first-order chi connectivity index (χ1) is 16.1. The van der Waals surface area contributed by atoms with Crippen LogP contribution in [0.25, 0.3) is 0 Å². The molecule has 1 aromatic heterocycles. The van der Waals surface area contributed by atoms with E-state index in [-0.39, 0.29) is 12.3 Å². The Kier molecular flexibility index (Phi) is 12.8. The summed E-state index contributed by atoms with van der Waals surface area (Å²) in [6, 6.07) is -1.90. The molecule has 0 radical (unpaired) electrons. The summed E-state index contributed by atoms with van der Waals surface area (Å²) >= 11 is 1.50. The van der Waals surface area contributed by atoms with E-state index in [4.69, 9.17) is 5.11 Å². The predicted molar refractivity (Wildman–Crippen MR) is 121 cm³/mol. The van der Waals surface area contributed by atoms with Crippen molar-refractivity contribution in [3.8, 4) is 0 Å². The molecule has 0 aromatic carbocycles. The van der Waals surface area contributed by atoms with Gasteiger partial charge >= 0.3 is 5.97 Å². The Balaban J connectivity index is 2.53. The first-order valence-corrected chi connectivity index (χ1v) is 11.6. The van der Waals surface area contributed by atoms with Crippen LogP contribution in [0.4, 0.5) is 0 Å². The maximum Gasteiger partial charge on any atom is 0.322 e. The Morgan fingerprint density at radius 1 is 0.971 bits per heavy atom. The quantitative estimate of drug-likeness (QED) is 0.132. The number of nitrogens with one attached hydrogen (secondary N) is 6. The van der Waals surface area contributed by atoms with Gasteiger partial charge in [0.05, 0.1) is 19.4 Å². The molecule has 0 saturated carbocycles. The molecule has 0 saturated heterocycles. The number of aromatic amines is 1. The second-order valence-corrected chi connectivity index (χ2v) is 8.03. The van der Waals surface area contributed by atoms with Crippen LogP contribution in [0.2, 0.25) is 0 Å². The lowest BCUT2D eigenvalue weighted by Gasteiger charge is -2.18. The van der Waals surface area contributed by atoms with Crippen molar-refractivity contribution in [2.24, 2.45) is 0 Å². The Bertz CT molecular complexity index is 863. The molecular formula is C19H29N7O7S. The van der Waals surface area contributed by atoms with E-state index in [1.54, 1.807) is 0 Å². The van der Waals surface area contributed by atoms with E-state index < -0.39 is 61.3 Å². The van der Waals surface area contributed by atoms with Gasteiger partial charge in [-0.2, -0.15) is 11.8 Å². The first-order valence-electron chi connectivity index (χ1n) is 10.2. The van der Waals surface area contributed by atoms with Crippen LogP contribution in [0.15, 0.2) is 12.5 Å². The number of thioether (sulfide) groups is 1. The lowest BCUT2D eigenvalue weighted by atomic mass is 10.1. The highest BCUT2D eigenvalue weighted by atomic mass is 32.2. The monoisotopic (exact) mass is 499 g/mol. The summed E-state index contributed by atoms with van der Waals surface area (Å²) in [6.07, 6.45) is 5.09. The van der Waals surface area contributed by atoms with Gasteiger partial charge in [0.25, 0.3) is 0 Å². The maximum atomic E-state index is 12.3. The molecule has 5 amide bonds. The third kappa shape index (κ3) is 11.8. The summed E-state index contributed by atoms with van der Waals surface area (Å²) in [5.41, 5.74) is 0.526. The number of rotatable bonds is 15. The number of amides is 5. The molecule has 0 fully saturated rings. The van der Waals surface area contributed by atoms with Gasteiger partial charge in [-0.25, -0.2) is 4.98 Å². The Morgan fingerprint density at radius 2 is 1.62 bits per heavy atom. The van der Waals surface area contributed by atoms with Gasteiger partial charge in [0, 0.05) is 25.2 Å². The number of H-pyrrole nitrogens is 1. The van der Waals surface area contributed by atoms with Crippen LogP contribution >= 0.6 is 11.8 Å². The van der Waals surface area contributed by atoms with E-state index in [0.717, 1.165) is 0 Å². The van der Waals surface area contributed by atoms with E-state index in [0.29, 0.717) is 17.9 Å². The van der Waals surface area contributed by atoms with Gasteiger partial charge in [-0.1, -0.05) is 0 Å². The van der Waals surface area contributed by atoms with Gasteiger partial charge in [0.15, 0.2) is 0 Å². The molecule has 34 heavy (non-hydrogen) atoms. The smallest absolute Gasteiger partial charge is 0.322 e. The largest absolute Gasteiger partial charge is 0.480 e. The summed E-state index contributed by atoms with van der Waals surface area (Å²) in [4.78, 5) is 77.2. The minimum atomic E-state index is -1.25. The number of aromatic nitrogens is 2. The van der Waals surface area contributed by atoms with Crippen molar-refractivity contribution in [1.82, 2.24) is 36.6 Å². The third-order valence-electron chi connectivity index (χ3n) is 4.22. The normalized spacial score (nSPS) is 12.1. The second-order valence-electron chi connectivity index (χ2n) is 7.04. The Morgan fingerprint density at radius 3 is 2.21 bits per heavy atom. The Hall–Kier alpha value is -3.62. The van der Waals surface area contributed by atoms with E-state index >= 15 is 0 Å². The minimum absolute atomic E-state index is 0.0157. The third-order valence-corrected chi connectivity index (χ3v) is 4.86. The van der Waals surface area contributed by atoms with Crippen molar-refractivity contribution < 1.29 is 33.9 Å². The molecular weight excluding hydrogens is 470 g/mol. The molecule has 0 aliphatic heterocycles. The zero-order chi connectivity index (χ0) is 25.5. The molecule has 0 aliphatic carbocycles. The molecule has 1 rings (SSSR count). The van der Waals surface area contributed by atoms with E-state index in [1.165, 1.54) is 31.2 Å². The fourth-order valence-electron chi connectivity index (χ4n) is 2.64. The van der Waals surface area contributed by atoms with Crippen LogP contribution in [0.3, 0.4) is 0 Å². The minimum Gasteiger partial charge on any atom is -0.480 e. The van der Waals surface area contributed by atoms with E-state index in [2.05, 4.69) is 36.6 Å².